The Kier molecular flexibility index (Phi) is 3.53. The Labute approximate surface area is 89.6 Å². The Morgan fingerprint density at radius 1 is 1.53 bits per heavy atom. The molecule has 1 fully saturated rings. The van der Waals surface area contributed by atoms with Gasteiger partial charge in [0.05, 0.1) is 13.2 Å². The van der Waals surface area contributed by atoms with Crippen molar-refractivity contribution in [3.8, 4) is 5.88 Å². The van der Waals surface area contributed by atoms with Crippen molar-refractivity contribution in [2.75, 3.05) is 26.3 Å². The van der Waals surface area contributed by atoms with Gasteiger partial charge >= 0.3 is 0 Å². The molecule has 0 spiro atoms. The predicted octanol–water partition coefficient (Wildman–Crippen LogP) is 0.757. The van der Waals surface area contributed by atoms with Gasteiger partial charge in [-0.1, -0.05) is 6.07 Å². The Hall–Kier alpha value is -1.13. The molecule has 0 radical (unpaired) electrons. The second kappa shape index (κ2) is 5.09. The molecule has 0 aromatic carbocycles. The summed E-state index contributed by atoms with van der Waals surface area (Å²) in [5.74, 6) is 0.673. The molecule has 1 aromatic rings. The Morgan fingerprint density at radius 3 is 3.33 bits per heavy atom. The fourth-order valence-electron chi connectivity index (χ4n) is 1.51. The Morgan fingerprint density at radius 2 is 2.47 bits per heavy atom. The van der Waals surface area contributed by atoms with Crippen LogP contribution in [0.5, 0.6) is 5.88 Å². The van der Waals surface area contributed by atoms with E-state index in [1.165, 1.54) is 0 Å². The lowest BCUT2D eigenvalue weighted by Crippen LogP contribution is -2.32. The highest BCUT2D eigenvalue weighted by Crippen LogP contribution is 2.09. The zero-order valence-electron chi connectivity index (χ0n) is 8.90. The molecule has 0 saturated carbocycles. The quantitative estimate of drug-likeness (QED) is 0.779. The second-order valence-electron chi connectivity index (χ2n) is 3.64. The minimum Gasteiger partial charge on any atom is -0.471 e. The largest absolute Gasteiger partial charge is 0.471 e. The van der Waals surface area contributed by atoms with Crippen molar-refractivity contribution in [3.63, 3.8) is 0 Å². The molecule has 0 aliphatic carbocycles. The van der Waals surface area contributed by atoms with Gasteiger partial charge < -0.3 is 14.8 Å². The molecule has 0 unspecified atom stereocenters. The Balaban J connectivity index is 1.95. The van der Waals surface area contributed by atoms with Crippen LogP contribution in [-0.4, -0.2) is 37.4 Å². The van der Waals surface area contributed by atoms with Gasteiger partial charge in [-0.05, 0) is 13.0 Å². The van der Waals surface area contributed by atoms with Gasteiger partial charge in [-0.2, -0.15) is 0 Å². The first-order valence-electron chi connectivity index (χ1n) is 5.23. The standard InChI is InChI=1S/C11H16N2O2/c1-9-3-2-4-11(13-9)15-10-7-12-5-6-14-8-10/h2-4,10,12H,5-8H2,1H3/t10-/m1/s1. The van der Waals surface area contributed by atoms with Crippen molar-refractivity contribution < 1.29 is 9.47 Å². The molecule has 1 aliphatic heterocycles. The third-order valence-electron chi connectivity index (χ3n) is 2.25. The average Bonchev–Trinajstić information content (AvgIpc) is 2.46. The molecule has 4 nitrogen and oxygen atoms in total. The predicted molar refractivity (Wildman–Crippen MR) is 57.1 cm³/mol. The summed E-state index contributed by atoms with van der Waals surface area (Å²) in [5.41, 5.74) is 0.968. The van der Waals surface area contributed by atoms with Gasteiger partial charge in [-0.15, -0.1) is 0 Å². The molecule has 82 valence electrons. The first-order chi connectivity index (χ1) is 7.34. The van der Waals surface area contributed by atoms with Crippen molar-refractivity contribution in [2.24, 2.45) is 0 Å². The lowest BCUT2D eigenvalue weighted by molar-refractivity contribution is 0.0703. The number of pyridine rings is 1. The van der Waals surface area contributed by atoms with E-state index < -0.39 is 0 Å². The Bertz CT molecular complexity index is 309. The van der Waals surface area contributed by atoms with Crippen LogP contribution in [0, 0.1) is 6.92 Å². The molecule has 4 heteroatoms. The number of nitrogens with zero attached hydrogens (tertiary/aromatic N) is 1. The van der Waals surface area contributed by atoms with Crippen molar-refractivity contribution in [1.29, 1.82) is 0 Å². The first kappa shape index (κ1) is 10.4. The van der Waals surface area contributed by atoms with E-state index in [1.807, 2.05) is 25.1 Å². The maximum Gasteiger partial charge on any atom is 0.213 e. The summed E-state index contributed by atoms with van der Waals surface area (Å²) in [6.45, 7) is 5.04. The van der Waals surface area contributed by atoms with Crippen LogP contribution in [0.3, 0.4) is 0 Å². The smallest absolute Gasteiger partial charge is 0.213 e. The van der Waals surface area contributed by atoms with E-state index >= 15 is 0 Å². The molecule has 2 heterocycles. The van der Waals surface area contributed by atoms with Crippen LogP contribution >= 0.6 is 0 Å². The molecular formula is C11H16N2O2. The van der Waals surface area contributed by atoms with E-state index in [1.54, 1.807) is 0 Å². The van der Waals surface area contributed by atoms with Crippen LogP contribution in [-0.2, 0) is 4.74 Å². The lowest BCUT2D eigenvalue weighted by Gasteiger charge is -2.15. The van der Waals surface area contributed by atoms with Gasteiger partial charge in [0.1, 0.15) is 6.10 Å². The average molecular weight is 208 g/mol. The highest BCUT2D eigenvalue weighted by Gasteiger charge is 2.13. The summed E-state index contributed by atoms with van der Waals surface area (Å²) in [4.78, 5) is 4.29. The summed E-state index contributed by atoms with van der Waals surface area (Å²) in [6, 6.07) is 5.77. The van der Waals surface area contributed by atoms with Crippen LogP contribution in [0.2, 0.25) is 0 Å². The number of nitrogens with one attached hydrogen (secondary N) is 1. The third-order valence-corrected chi connectivity index (χ3v) is 2.25. The van der Waals surface area contributed by atoms with Crippen LogP contribution in [0.4, 0.5) is 0 Å². The summed E-state index contributed by atoms with van der Waals surface area (Å²) in [7, 11) is 0. The normalized spacial score (nSPS) is 22.1. The fraction of sp³-hybridized carbons (Fsp3) is 0.545. The zero-order chi connectivity index (χ0) is 10.5. The monoisotopic (exact) mass is 208 g/mol. The molecule has 0 bridgehead atoms. The molecule has 1 aromatic heterocycles. The van der Waals surface area contributed by atoms with E-state index in [9.17, 15) is 0 Å². The van der Waals surface area contributed by atoms with Crippen LogP contribution in [0.25, 0.3) is 0 Å². The van der Waals surface area contributed by atoms with Gasteiger partial charge in [-0.3, -0.25) is 0 Å². The summed E-state index contributed by atoms with van der Waals surface area (Å²) >= 11 is 0. The van der Waals surface area contributed by atoms with E-state index in [0.717, 1.165) is 25.4 Å². The molecule has 1 aliphatic rings. The highest BCUT2D eigenvalue weighted by molar-refractivity contribution is 5.15. The number of hydrogen-bond acceptors (Lipinski definition) is 4. The maximum absolute atomic E-state index is 5.72. The number of hydrogen-bond donors (Lipinski definition) is 1. The minimum absolute atomic E-state index is 0.0572. The summed E-state index contributed by atoms with van der Waals surface area (Å²) in [6.07, 6.45) is 0.0572. The topological polar surface area (TPSA) is 43.4 Å². The van der Waals surface area contributed by atoms with Gasteiger partial charge in [-0.25, -0.2) is 4.98 Å². The van der Waals surface area contributed by atoms with Crippen molar-refractivity contribution >= 4 is 0 Å². The third kappa shape index (κ3) is 3.18. The lowest BCUT2D eigenvalue weighted by atomic mass is 10.3. The fourth-order valence-corrected chi connectivity index (χ4v) is 1.51. The van der Waals surface area contributed by atoms with Crippen molar-refractivity contribution in [3.05, 3.63) is 23.9 Å². The summed E-state index contributed by atoms with van der Waals surface area (Å²) < 4.78 is 11.1. The first-order valence-corrected chi connectivity index (χ1v) is 5.23. The zero-order valence-corrected chi connectivity index (χ0v) is 8.90. The number of aromatic nitrogens is 1. The number of aryl methyl sites for hydroxylation is 1. The molecular weight excluding hydrogens is 192 g/mol. The highest BCUT2D eigenvalue weighted by atomic mass is 16.5. The van der Waals surface area contributed by atoms with Gasteiger partial charge in [0.25, 0.3) is 0 Å². The van der Waals surface area contributed by atoms with Crippen LogP contribution < -0.4 is 10.1 Å². The van der Waals surface area contributed by atoms with Crippen molar-refractivity contribution in [2.45, 2.75) is 13.0 Å². The van der Waals surface area contributed by atoms with Crippen LogP contribution in [0.1, 0.15) is 5.69 Å². The molecule has 1 atom stereocenters. The maximum atomic E-state index is 5.72. The molecule has 1 N–H and O–H groups in total. The number of ether oxygens (including phenoxy) is 2. The van der Waals surface area contributed by atoms with Crippen molar-refractivity contribution in [1.82, 2.24) is 10.3 Å². The minimum atomic E-state index is 0.0572. The SMILES string of the molecule is Cc1cccc(O[C@@H]2CNCCOC2)n1. The van der Waals surface area contributed by atoms with E-state index in [-0.39, 0.29) is 6.10 Å². The van der Waals surface area contributed by atoms with Gasteiger partial charge in [0.2, 0.25) is 5.88 Å². The second-order valence-corrected chi connectivity index (χ2v) is 3.64. The van der Waals surface area contributed by atoms with E-state index in [2.05, 4.69) is 10.3 Å². The van der Waals surface area contributed by atoms with E-state index in [0.29, 0.717) is 12.5 Å². The molecule has 15 heavy (non-hydrogen) atoms. The van der Waals surface area contributed by atoms with E-state index in [4.69, 9.17) is 9.47 Å². The van der Waals surface area contributed by atoms with Gasteiger partial charge in [0, 0.05) is 24.8 Å². The molecule has 2 rings (SSSR count). The van der Waals surface area contributed by atoms with Gasteiger partial charge in [0.15, 0.2) is 0 Å². The molecule has 1 saturated heterocycles. The van der Waals surface area contributed by atoms with Crippen LogP contribution in [0.15, 0.2) is 18.2 Å². The summed E-state index contributed by atoms with van der Waals surface area (Å²) in [5, 5.41) is 3.25. The molecule has 0 amide bonds. The number of rotatable bonds is 2.